The van der Waals surface area contributed by atoms with Crippen molar-refractivity contribution >= 4 is 44.2 Å². The van der Waals surface area contributed by atoms with Gasteiger partial charge in [-0.25, -0.2) is 9.78 Å². The fourth-order valence-corrected chi connectivity index (χ4v) is 3.05. The summed E-state index contributed by atoms with van der Waals surface area (Å²) >= 11 is 1.19. The van der Waals surface area contributed by atoms with Crippen LogP contribution in [0.2, 0.25) is 0 Å². The quantitative estimate of drug-likeness (QED) is 0.436. The monoisotopic (exact) mass is 357 g/mol. The van der Waals surface area contributed by atoms with Crippen LogP contribution in [0.4, 0.5) is 10.8 Å². The minimum absolute atomic E-state index is 0.156. The number of benzene rings is 2. The van der Waals surface area contributed by atoms with Gasteiger partial charge in [0, 0.05) is 17.7 Å². The number of fused-ring (bicyclic) bond motifs is 1. The Morgan fingerprint density at radius 2 is 2.00 bits per heavy atom. The summed E-state index contributed by atoms with van der Waals surface area (Å²) in [5, 5.41) is 13.7. The van der Waals surface area contributed by atoms with Crippen molar-refractivity contribution in [1.29, 1.82) is 0 Å². The molecule has 8 nitrogen and oxygen atoms in total. The summed E-state index contributed by atoms with van der Waals surface area (Å²) in [6.07, 6.45) is 0. The molecule has 0 spiro atoms. The first-order valence-corrected chi connectivity index (χ1v) is 7.84. The average Bonchev–Trinajstić information content (AvgIpc) is 3.02. The lowest BCUT2D eigenvalue weighted by Gasteiger charge is -2.01. The molecule has 0 saturated heterocycles. The van der Waals surface area contributed by atoms with E-state index < -0.39 is 16.8 Å². The number of nitrogens with zero attached hydrogens (tertiary/aromatic N) is 2. The largest absolute Gasteiger partial charge is 0.465 e. The van der Waals surface area contributed by atoms with Crippen molar-refractivity contribution in [2.24, 2.45) is 0 Å². The Kier molecular flexibility index (Phi) is 4.40. The van der Waals surface area contributed by atoms with E-state index in [2.05, 4.69) is 15.0 Å². The number of aromatic nitrogens is 1. The van der Waals surface area contributed by atoms with Crippen LogP contribution in [0, 0.1) is 10.1 Å². The second-order valence-corrected chi connectivity index (χ2v) is 5.99. The first-order chi connectivity index (χ1) is 12.0. The molecule has 9 heteroatoms. The molecular weight excluding hydrogens is 346 g/mol. The maximum absolute atomic E-state index is 12.2. The van der Waals surface area contributed by atoms with E-state index in [1.807, 2.05) is 0 Å². The van der Waals surface area contributed by atoms with Crippen LogP contribution < -0.4 is 5.32 Å². The van der Waals surface area contributed by atoms with Crippen molar-refractivity contribution in [3.8, 4) is 0 Å². The standard InChI is InChI=1S/C16H11N3O5S/c1-24-15(21)10-5-6-12-13(8-10)25-16(17-12)18-14(20)9-3-2-4-11(7-9)19(22)23/h2-8H,1H3,(H,17,18,20). The van der Waals surface area contributed by atoms with Gasteiger partial charge in [0.2, 0.25) is 0 Å². The van der Waals surface area contributed by atoms with Crippen LogP contribution in [0.15, 0.2) is 42.5 Å². The van der Waals surface area contributed by atoms with Gasteiger partial charge in [0.15, 0.2) is 5.13 Å². The molecule has 0 aliphatic heterocycles. The number of amides is 1. The number of ether oxygens (including phenoxy) is 1. The van der Waals surface area contributed by atoms with E-state index in [9.17, 15) is 19.7 Å². The van der Waals surface area contributed by atoms with Gasteiger partial charge in [-0.05, 0) is 24.3 Å². The number of hydrogen-bond donors (Lipinski definition) is 1. The fourth-order valence-electron chi connectivity index (χ4n) is 2.15. The number of hydrogen-bond acceptors (Lipinski definition) is 7. The molecule has 1 N–H and O–H groups in total. The number of methoxy groups -OCH3 is 1. The Bertz CT molecular complexity index is 998. The predicted octanol–water partition coefficient (Wildman–Crippen LogP) is 3.24. The van der Waals surface area contributed by atoms with Crippen molar-refractivity contribution in [3.63, 3.8) is 0 Å². The number of nitro groups is 1. The zero-order valence-electron chi connectivity index (χ0n) is 12.9. The van der Waals surface area contributed by atoms with E-state index >= 15 is 0 Å². The lowest BCUT2D eigenvalue weighted by molar-refractivity contribution is -0.384. The van der Waals surface area contributed by atoms with Crippen LogP contribution in [0.5, 0.6) is 0 Å². The van der Waals surface area contributed by atoms with Gasteiger partial charge in [0.1, 0.15) is 0 Å². The van der Waals surface area contributed by atoms with Crippen molar-refractivity contribution in [3.05, 3.63) is 63.7 Å². The molecule has 0 radical (unpaired) electrons. The number of esters is 1. The zero-order chi connectivity index (χ0) is 18.0. The lowest BCUT2D eigenvalue weighted by atomic mass is 10.2. The number of rotatable bonds is 4. The van der Waals surface area contributed by atoms with Crippen LogP contribution in [-0.2, 0) is 4.74 Å². The number of nitrogens with one attached hydrogen (secondary N) is 1. The van der Waals surface area contributed by atoms with Gasteiger partial charge in [-0.1, -0.05) is 17.4 Å². The number of thiazole rings is 1. The first-order valence-electron chi connectivity index (χ1n) is 7.02. The van der Waals surface area contributed by atoms with Crippen LogP contribution in [-0.4, -0.2) is 28.9 Å². The molecule has 0 fully saturated rings. The maximum Gasteiger partial charge on any atom is 0.337 e. The van der Waals surface area contributed by atoms with E-state index in [0.29, 0.717) is 20.9 Å². The highest BCUT2D eigenvalue weighted by atomic mass is 32.1. The molecule has 0 unspecified atom stereocenters. The molecule has 3 rings (SSSR count). The number of anilines is 1. The van der Waals surface area contributed by atoms with E-state index in [0.717, 1.165) is 0 Å². The summed E-state index contributed by atoms with van der Waals surface area (Å²) in [5.41, 5.74) is 0.991. The molecule has 25 heavy (non-hydrogen) atoms. The van der Waals surface area contributed by atoms with Gasteiger partial charge in [0.05, 0.1) is 27.8 Å². The molecule has 1 aromatic heterocycles. The van der Waals surface area contributed by atoms with Crippen molar-refractivity contribution in [2.75, 3.05) is 12.4 Å². The fraction of sp³-hybridized carbons (Fsp3) is 0.0625. The zero-order valence-corrected chi connectivity index (χ0v) is 13.7. The third-order valence-electron chi connectivity index (χ3n) is 3.35. The van der Waals surface area contributed by atoms with Crippen molar-refractivity contribution in [2.45, 2.75) is 0 Å². The van der Waals surface area contributed by atoms with Crippen LogP contribution in [0.3, 0.4) is 0 Å². The van der Waals surface area contributed by atoms with Gasteiger partial charge in [0.25, 0.3) is 11.6 Å². The predicted molar refractivity (Wildman–Crippen MR) is 92.0 cm³/mol. The summed E-state index contributed by atoms with van der Waals surface area (Å²) in [6, 6.07) is 10.3. The normalized spacial score (nSPS) is 10.4. The minimum Gasteiger partial charge on any atom is -0.465 e. The Morgan fingerprint density at radius 3 is 2.72 bits per heavy atom. The highest BCUT2D eigenvalue weighted by Crippen LogP contribution is 2.27. The molecule has 0 aliphatic carbocycles. The Hall–Kier alpha value is -3.33. The smallest absolute Gasteiger partial charge is 0.337 e. The van der Waals surface area contributed by atoms with E-state index in [4.69, 9.17) is 0 Å². The topological polar surface area (TPSA) is 111 Å². The number of carbonyl (C=O) groups is 2. The molecule has 0 bridgehead atoms. The van der Waals surface area contributed by atoms with Crippen LogP contribution in [0.1, 0.15) is 20.7 Å². The molecule has 0 aliphatic rings. The molecule has 126 valence electrons. The van der Waals surface area contributed by atoms with Gasteiger partial charge in [-0.3, -0.25) is 20.2 Å². The Balaban J connectivity index is 1.85. The summed E-state index contributed by atoms with van der Waals surface area (Å²) in [5.74, 6) is -0.964. The average molecular weight is 357 g/mol. The van der Waals surface area contributed by atoms with Gasteiger partial charge >= 0.3 is 5.97 Å². The third-order valence-corrected chi connectivity index (χ3v) is 4.28. The first kappa shape index (κ1) is 16.5. The number of nitro benzene ring substituents is 1. The van der Waals surface area contributed by atoms with Gasteiger partial charge < -0.3 is 4.74 Å². The van der Waals surface area contributed by atoms with Gasteiger partial charge in [-0.15, -0.1) is 0 Å². The minimum atomic E-state index is -0.567. The summed E-state index contributed by atoms with van der Waals surface area (Å²) in [7, 11) is 1.30. The van der Waals surface area contributed by atoms with E-state index in [1.165, 1.54) is 42.7 Å². The summed E-state index contributed by atoms with van der Waals surface area (Å²) < 4.78 is 5.37. The molecule has 2 aromatic carbocycles. The van der Waals surface area contributed by atoms with Crippen LogP contribution >= 0.6 is 11.3 Å². The highest BCUT2D eigenvalue weighted by molar-refractivity contribution is 7.22. The second kappa shape index (κ2) is 6.65. The lowest BCUT2D eigenvalue weighted by Crippen LogP contribution is -2.11. The molecule has 3 aromatic rings. The summed E-state index contributed by atoms with van der Waals surface area (Å²) in [6.45, 7) is 0. The Labute approximate surface area is 145 Å². The third kappa shape index (κ3) is 3.45. The molecule has 0 atom stereocenters. The van der Waals surface area contributed by atoms with E-state index in [1.54, 1.807) is 18.2 Å². The molecular formula is C16H11N3O5S. The number of non-ortho nitro benzene ring substituents is 1. The summed E-state index contributed by atoms with van der Waals surface area (Å²) in [4.78, 5) is 38.3. The molecule has 1 amide bonds. The maximum atomic E-state index is 12.2. The SMILES string of the molecule is COC(=O)c1ccc2nc(NC(=O)c3cccc([N+](=O)[O-])c3)sc2c1. The Morgan fingerprint density at radius 1 is 1.20 bits per heavy atom. The molecule has 1 heterocycles. The van der Waals surface area contributed by atoms with Gasteiger partial charge in [-0.2, -0.15) is 0 Å². The van der Waals surface area contributed by atoms with Crippen molar-refractivity contribution < 1.29 is 19.2 Å². The number of carbonyl (C=O) groups excluding carboxylic acids is 2. The van der Waals surface area contributed by atoms with E-state index in [-0.39, 0.29) is 11.3 Å². The highest BCUT2D eigenvalue weighted by Gasteiger charge is 2.14. The van der Waals surface area contributed by atoms with Crippen molar-refractivity contribution in [1.82, 2.24) is 4.98 Å². The van der Waals surface area contributed by atoms with Crippen LogP contribution in [0.25, 0.3) is 10.2 Å². The second-order valence-electron chi connectivity index (χ2n) is 4.95. The molecule has 0 saturated carbocycles.